The molecule has 0 saturated carbocycles. The zero-order valence-electron chi connectivity index (χ0n) is 17.1. The molecule has 7 nitrogen and oxygen atoms in total. The molecule has 31 heavy (non-hydrogen) atoms. The maximum Gasteiger partial charge on any atom is 0.263 e. The van der Waals surface area contributed by atoms with Gasteiger partial charge in [0.1, 0.15) is 11.8 Å². The number of aryl methyl sites for hydroxylation is 1. The average molecular weight is 428 g/mol. The molecule has 0 amide bonds. The fraction of sp³-hybridized carbons (Fsp3) is 0.130. The molecule has 0 aliphatic rings. The minimum absolute atomic E-state index is 0.0400. The predicted octanol–water partition coefficient (Wildman–Crippen LogP) is 3.64. The van der Waals surface area contributed by atoms with Gasteiger partial charge in [-0.3, -0.25) is 9.36 Å². The number of para-hydroxylation sites is 1. The number of benzene rings is 2. The Morgan fingerprint density at radius 2 is 1.94 bits per heavy atom. The maximum atomic E-state index is 13.7. The zero-order chi connectivity index (χ0) is 21.5. The second kappa shape index (κ2) is 7.60. The minimum atomic E-state index is -0.225. The number of H-pyrrole nitrogens is 1. The van der Waals surface area contributed by atoms with Crippen molar-refractivity contribution in [2.24, 2.45) is 0 Å². The van der Waals surface area contributed by atoms with Gasteiger partial charge in [0.15, 0.2) is 11.5 Å². The summed E-state index contributed by atoms with van der Waals surface area (Å²) >= 11 is 0. The minimum Gasteiger partial charge on any atom is -0.360 e. The van der Waals surface area contributed by atoms with Crippen LogP contribution in [0.25, 0.3) is 27.6 Å². The van der Waals surface area contributed by atoms with Crippen LogP contribution in [0.5, 0.6) is 0 Å². The molecule has 2 aromatic carbocycles. The lowest BCUT2D eigenvalue weighted by Crippen LogP contribution is -2.28. The quantitative estimate of drug-likeness (QED) is 0.427. The van der Waals surface area contributed by atoms with Crippen molar-refractivity contribution in [2.45, 2.75) is 19.9 Å². The molecular formula is C23H21N6OP. The second-order valence-corrected chi connectivity index (χ2v) is 8.12. The van der Waals surface area contributed by atoms with Crippen molar-refractivity contribution < 1.29 is 0 Å². The highest BCUT2D eigenvalue weighted by molar-refractivity contribution is 7.27. The van der Waals surface area contributed by atoms with E-state index in [1.54, 1.807) is 10.9 Å². The normalized spacial score (nSPS) is 12.4. The van der Waals surface area contributed by atoms with Gasteiger partial charge >= 0.3 is 0 Å². The molecule has 2 atom stereocenters. The number of aromatic amines is 1. The van der Waals surface area contributed by atoms with Crippen molar-refractivity contribution in [3.8, 4) is 5.69 Å². The first kappa shape index (κ1) is 19.4. The van der Waals surface area contributed by atoms with Gasteiger partial charge in [0.2, 0.25) is 0 Å². The predicted molar refractivity (Wildman–Crippen MR) is 127 cm³/mol. The zero-order valence-corrected chi connectivity index (χ0v) is 18.3. The molecule has 5 rings (SSSR count). The molecule has 8 heteroatoms. The largest absolute Gasteiger partial charge is 0.360 e. The maximum absolute atomic E-state index is 13.7. The molecule has 0 spiro atoms. The molecule has 0 aliphatic heterocycles. The van der Waals surface area contributed by atoms with Gasteiger partial charge in [0, 0.05) is 5.69 Å². The van der Waals surface area contributed by atoms with E-state index >= 15 is 0 Å². The summed E-state index contributed by atoms with van der Waals surface area (Å²) in [4.78, 5) is 29.6. The Hall–Kier alpha value is -3.57. The first-order valence-corrected chi connectivity index (χ1v) is 10.5. The number of pyridine rings is 1. The third-order valence-corrected chi connectivity index (χ3v) is 5.96. The molecule has 154 valence electrons. The Morgan fingerprint density at radius 3 is 2.77 bits per heavy atom. The standard InChI is InChI=1S/C23H21N6OP/c1-13-6-5-7-15-10-17(14(2)28-22-20-21(25-11-24-20)26-12-27-22)29(23(30)19(13)15)16-8-3-4-9-18(16)31/h3-12,14H,31H2,1-2H3,(H2,24,25,26,27,28). The van der Waals surface area contributed by atoms with Crippen LogP contribution in [0, 0.1) is 6.92 Å². The van der Waals surface area contributed by atoms with E-state index < -0.39 is 0 Å². The number of nitrogens with one attached hydrogen (secondary N) is 2. The average Bonchev–Trinajstić information content (AvgIpc) is 3.24. The number of imidazole rings is 1. The number of fused-ring (bicyclic) bond motifs is 2. The molecule has 3 aromatic heterocycles. The number of nitrogens with zero attached hydrogens (tertiary/aromatic N) is 4. The van der Waals surface area contributed by atoms with Crippen molar-refractivity contribution in [3.63, 3.8) is 0 Å². The summed E-state index contributed by atoms with van der Waals surface area (Å²) in [6, 6.07) is 15.6. The van der Waals surface area contributed by atoms with Gasteiger partial charge in [-0.2, -0.15) is 0 Å². The summed E-state index contributed by atoms with van der Waals surface area (Å²) < 4.78 is 1.79. The summed E-state index contributed by atoms with van der Waals surface area (Å²) in [5.41, 5.74) is 3.90. The Balaban J connectivity index is 1.74. The smallest absolute Gasteiger partial charge is 0.263 e. The molecule has 0 fully saturated rings. The number of hydrogen-bond acceptors (Lipinski definition) is 5. The first-order valence-electron chi connectivity index (χ1n) is 9.95. The third-order valence-electron chi connectivity index (χ3n) is 5.48. The fourth-order valence-corrected chi connectivity index (χ4v) is 4.30. The van der Waals surface area contributed by atoms with Gasteiger partial charge in [-0.15, -0.1) is 9.24 Å². The van der Waals surface area contributed by atoms with Crippen molar-refractivity contribution in [2.75, 3.05) is 5.32 Å². The van der Waals surface area contributed by atoms with Crippen LogP contribution >= 0.6 is 9.24 Å². The molecule has 0 bridgehead atoms. The van der Waals surface area contributed by atoms with Crippen molar-refractivity contribution in [3.05, 3.63) is 82.8 Å². The molecule has 3 heterocycles. The molecule has 0 saturated heterocycles. The lowest BCUT2D eigenvalue weighted by Gasteiger charge is -2.22. The lowest BCUT2D eigenvalue weighted by molar-refractivity contribution is 0.775. The molecule has 2 unspecified atom stereocenters. The summed E-state index contributed by atoms with van der Waals surface area (Å²) in [6.45, 7) is 3.98. The topological polar surface area (TPSA) is 88.5 Å². The Kier molecular flexibility index (Phi) is 4.75. The van der Waals surface area contributed by atoms with Crippen molar-refractivity contribution in [1.29, 1.82) is 0 Å². The number of rotatable bonds is 4. The van der Waals surface area contributed by atoms with Crippen LogP contribution in [0.2, 0.25) is 0 Å². The van der Waals surface area contributed by atoms with Crippen LogP contribution in [0.4, 0.5) is 5.82 Å². The van der Waals surface area contributed by atoms with E-state index in [0.29, 0.717) is 17.0 Å². The summed E-state index contributed by atoms with van der Waals surface area (Å²) in [5, 5.41) is 6.01. The third kappa shape index (κ3) is 3.27. The van der Waals surface area contributed by atoms with Crippen molar-refractivity contribution >= 4 is 42.3 Å². The SMILES string of the molecule is Cc1cccc2cc(C(C)Nc3ncnc4[nH]cnc34)n(-c3ccccc3P)c(=O)c12. The first-order chi connectivity index (χ1) is 15.0. The van der Waals surface area contributed by atoms with Crippen LogP contribution in [-0.2, 0) is 0 Å². The molecular weight excluding hydrogens is 407 g/mol. The van der Waals surface area contributed by atoms with Gasteiger partial charge in [-0.05, 0) is 42.2 Å². The van der Waals surface area contributed by atoms with Crippen LogP contribution in [0.1, 0.15) is 24.2 Å². The van der Waals surface area contributed by atoms with Crippen LogP contribution < -0.4 is 16.2 Å². The van der Waals surface area contributed by atoms with Crippen LogP contribution in [-0.4, -0.2) is 24.5 Å². The molecule has 0 aliphatic carbocycles. The Labute approximate surface area is 180 Å². The molecule has 0 radical (unpaired) electrons. The fourth-order valence-electron chi connectivity index (χ4n) is 3.96. The van der Waals surface area contributed by atoms with E-state index in [4.69, 9.17) is 0 Å². The summed E-state index contributed by atoms with van der Waals surface area (Å²) in [6.07, 6.45) is 3.08. The lowest BCUT2D eigenvalue weighted by atomic mass is 10.0. The number of anilines is 1. The monoisotopic (exact) mass is 428 g/mol. The van der Waals surface area contributed by atoms with E-state index in [-0.39, 0.29) is 11.6 Å². The van der Waals surface area contributed by atoms with E-state index in [9.17, 15) is 4.79 Å². The van der Waals surface area contributed by atoms with Gasteiger partial charge in [-0.25, -0.2) is 15.0 Å². The molecule has 5 aromatic rings. The van der Waals surface area contributed by atoms with Gasteiger partial charge in [0.05, 0.1) is 23.4 Å². The Bertz CT molecular complexity index is 1490. The highest BCUT2D eigenvalue weighted by Crippen LogP contribution is 2.26. The highest BCUT2D eigenvalue weighted by atomic mass is 31.0. The summed E-state index contributed by atoms with van der Waals surface area (Å²) in [7, 11) is 2.73. The number of hydrogen-bond donors (Lipinski definition) is 2. The highest BCUT2D eigenvalue weighted by Gasteiger charge is 2.19. The Morgan fingerprint density at radius 1 is 1.10 bits per heavy atom. The van der Waals surface area contributed by atoms with Gasteiger partial charge in [0.25, 0.3) is 5.56 Å². The van der Waals surface area contributed by atoms with Gasteiger partial charge < -0.3 is 10.3 Å². The van der Waals surface area contributed by atoms with Crippen molar-refractivity contribution in [1.82, 2.24) is 24.5 Å². The van der Waals surface area contributed by atoms with Crippen LogP contribution in [0.3, 0.4) is 0 Å². The van der Waals surface area contributed by atoms with E-state index in [1.165, 1.54) is 6.33 Å². The second-order valence-electron chi connectivity index (χ2n) is 7.50. The number of aromatic nitrogens is 5. The van der Waals surface area contributed by atoms with E-state index in [0.717, 1.165) is 33.0 Å². The van der Waals surface area contributed by atoms with Gasteiger partial charge in [-0.1, -0.05) is 36.4 Å². The summed E-state index contributed by atoms with van der Waals surface area (Å²) in [5.74, 6) is 0.612. The molecule has 2 N–H and O–H groups in total. The van der Waals surface area contributed by atoms with E-state index in [2.05, 4.69) is 40.6 Å². The van der Waals surface area contributed by atoms with E-state index in [1.807, 2.05) is 56.3 Å². The van der Waals surface area contributed by atoms with Crippen LogP contribution in [0.15, 0.2) is 66.0 Å².